The van der Waals surface area contributed by atoms with Crippen molar-refractivity contribution in [1.29, 1.82) is 0 Å². The minimum absolute atomic E-state index is 0.0377. The monoisotopic (exact) mass is 385 g/mol. The molecule has 0 radical (unpaired) electrons. The molecule has 9 nitrogen and oxygen atoms in total. The molecule has 0 saturated carbocycles. The number of hydrogen-bond donors (Lipinski definition) is 1. The number of nitrogens with one attached hydrogen (secondary N) is 1. The first-order valence-electron chi connectivity index (χ1n) is 9.49. The van der Waals surface area contributed by atoms with Crippen LogP contribution in [-0.2, 0) is 4.74 Å². The molecular formula is C19H23N5O4. The molecule has 4 rings (SSSR count). The smallest absolute Gasteiger partial charge is 0.289 e. The SMILES string of the molecule is O=C(c1cncc(NC2CCCN(C(=O)c3ccco3)C2)n1)N1CCOCC1. The van der Waals surface area contributed by atoms with Crippen molar-refractivity contribution < 1.29 is 18.7 Å². The molecule has 2 amide bonds. The quantitative estimate of drug-likeness (QED) is 0.845. The van der Waals surface area contributed by atoms with E-state index in [0.717, 1.165) is 12.8 Å². The molecule has 0 aromatic carbocycles. The number of furan rings is 1. The zero-order valence-corrected chi connectivity index (χ0v) is 15.5. The highest BCUT2D eigenvalue weighted by Crippen LogP contribution is 2.17. The van der Waals surface area contributed by atoms with Crippen molar-refractivity contribution in [1.82, 2.24) is 19.8 Å². The van der Waals surface area contributed by atoms with Gasteiger partial charge in [-0.25, -0.2) is 4.98 Å². The third-order valence-electron chi connectivity index (χ3n) is 4.94. The molecule has 2 aliphatic rings. The molecule has 0 spiro atoms. The fraction of sp³-hybridized carbons (Fsp3) is 0.474. The summed E-state index contributed by atoms with van der Waals surface area (Å²) in [5.41, 5.74) is 0.311. The summed E-state index contributed by atoms with van der Waals surface area (Å²) in [6.07, 6.45) is 6.37. The number of ether oxygens (including phenoxy) is 1. The second-order valence-electron chi connectivity index (χ2n) is 6.91. The lowest BCUT2D eigenvalue weighted by atomic mass is 10.1. The number of morpholine rings is 1. The van der Waals surface area contributed by atoms with Gasteiger partial charge in [-0.3, -0.25) is 14.6 Å². The van der Waals surface area contributed by atoms with Crippen LogP contribution >= 0.6 is 0 Å². The highest BCUT2D eigenvalue weighted by atomic mass is 16.5. The van der Waals surface area contributed by atoms with Crippen molar-refractivity contribution in [3.8, 4) is 0 Å². The Bertz CT molecular complexity index is 819. The maximum atomic E-state index is 12.6. The molecule has 1 N–H and O–H groups in total. The number of carbonyl (C=O) groups is 2. The van der Waals surface area contributed by atoms with Crippen molar-refractivity contribution in [2.75, 3.05) is 44.7 Å². The molecule has 2 fully saturated rings. The van der Waals surface area contributed by atoms with Gasteiger partial charge in [-0.1, -0.05) is 0 Å². The van der Waals surface area contributed by atoms with Gasteiger partial charge in [0.05, 0.1) is 31.9 Å². The molecule has 148 valence electrons. The van der Waals surface area contributed by atoms with Crippen LogP contribution in [0.1, 0.15) is 33.9 Å². The molecule has 0 bridgehead atoms. The number of rotatable bonds is 4. The minimum atomic E-state index is -0.141. The van der Waals surface area contributed by atoms with E-state index in [1.54, 1.807) is 28.1 Å². The molecule has 9 heteroatoms. The lowest BCUT2D eigenvalue weighted by Crippen LogP contribution is -2.45. The van der Waals surface area contributed by atoms with Gasteiger partial charge in [0.25, 0.3) is 11.8 Å². The van der Waals surface area contributed by atoms with E-state index in [0.29, 0.717) is 56.7 Å². The molecule has 28 heavy (non-hydrogen) atoms. The average molecular weight is 385 g/mol. The number of hydrogen-bond acceptors (Lipinski definition) is 7. The Hall–Kier alpha value is -2.94. The van der Waals surface area contributed by atoms with Crippen LogP contribution < -0.4 is 5.32 Å². The van der Waals surface area contributed by atoms with E-state index in [1.165, 1.54) is 12.5 Å². The predicted molar refractivity (Wildman–Crippen MR) is 100 cm³/mol. The predicted octanol–water partition coefficient (Wildman–Crippen LogP) is 1.26. The average Bonchev–Trinajstić information content (AvgIpc) is 3.29. The summed E-state index contributed by atoms with van der Waals surface area (Å²) >= 11 is 0. The van der Waals surface area contributed by atoms with Gasteiger partial charge in [0, 0.05) is 32.2 Å². The number of anilines is 1. The first kappa shape index (κ1) is 18.4. The number of amides is 2. The maximum Gasteiger partial charge on any atom is 0.289 e. The summed E-state index contributed by atoms with van der Waals surface area (Å²) in [5, 5.41) is 3.32. The van der Waals surface area contributed by atoms with E-state index in [9.17, 15) is 9.59 Å². The van der Waals surface area contributed by atoms with E-state index in [2.05, 4.69) is 15.3 Å². The normalized spacial score (nSPS) is 20.1. The molecule has 1 unspecified atom stereocenters. The van der Waals surface area contributed by atoms with E-state index < -0.39 is 0 Å². The zero-order chi connectivity index (χ0) is 19.3. The van der Waals surface area contributed by atoms with Gasteiger partial charge in [-0.2, -0.15) is 0 Å². The van der Waals surface area contributed by atoms with Crippen molar-refractivity contribution in [2.24, 2.45) is 0 Å². The van der Waals surface area contributed by atoms with Gasteiger partial charge in [0.2, 0.25) is 0 Å². The fourth-order valence-corrected chi connectivity index (χ4v) is 3.51. The number of carbonyl (C=O) groups excluding carboxylic acids is 2. The Morgan fingerprint density at radius 1 is 1.11 bits per heavy atom. The second kappa shape index (κ2) is 8.39. The first-order chi connectivity index (χ1) is 13.7. The van der Waals surface area contributed by atoms with Crippen molar-refractivity contribution in [2.45, 2.75) is 18.9 Å². The lowest BCUT2D eigenvalue weighted by Gasteiger charge is -2.33. The van der Waals surface area contributed by atoms with Crippen LogP contribution in [0.15, 0.2) is 35.2 Å². The van der Waals surface area contributed by atoms with Gasteiger partial charge in [-0.15, -0.1) is 0 Å². The molecule has 0 aliphatic carbocycles. The third kappa shape index (κ3) is 4.14. The van der Waals surface area contributed by atoms with Gasteiger partial charge >= 0.3 is 0 Å². The Labute approximate surface area is 162 Å². The zero-order valence-electron chi connectivity index (χ0n) is 15.5. The summed E-state index contributed by atoms with van der Waals surface area (Å²) in [7, 11) is 0. The molecule has 2 aliphatic heterocycles. The van der Waals surface area contributed by atoms with Crippen molar-refractivity contribution in [3.05, 3.63) is 42.2 Å². The van der Waals surface area contributed by atoms with E-state index in [-0.39, 0.29) is 17.9 Å². The molecule has 4 heterocycles. The topological polar surface area (TPSA) is 101 Å². The minimum Gasteiger partial charge on any atom is -0.459 e. The summed E-state index contributed by atoms with van der Waals surface area (Å²) in [6.45, 7) is 3.44. The number of piperidine rings is 1. The maximum absolute atomic E-state index is 12.6. The number of nitrogens with zero attached hydrogens (tertiary/aromatic N) is 4. The molecule has 2 aromatic rings. The van der Waals surface area contributed by atoms with Gasteiger partial charge < -0.3 is 24.3 Å². The summed E-state index contributed by atoms with van der Waals surface area (Å²) < 4.78 is 10.5. The van der Waals surface area contributed by atoms with Gasteiger partial charge in [-0.05, 0) is 25.0 Å². The number of likely N-dealkylation sites (tertiary alicyclic amines) is 1. The Morgan fingerprint density at radius 3 is 2.75 bits per heavy atom. The standard InChI is InChI=1S/C19H23N5O4/c25-18(23-6-9-27-10-7-23)15-11-20-12-17(22-15)21-14-3-1-5-24(13-14)19(26)16-4-2-8-28-16/h2,4,8,11-12,14H,1,3,5-7,9-10,13H2,(H,21,22). The summed E-state index contributed by atoms with van der Waals surface area (Å²) in [5.74, 6) is 0.631. The van der Waals surface area contributed by atoms with E-state index in [4.69, 9.17) is 9.15 Å². The van der Waals surface area contributed by atoms with Crippen molar-refractivity contribution in [3.63, 3.8) is 0 Å². The summed E-state index contributed by atoms with van der Waals surface area (Å²) in [4.78, 5) is 37.2. The van der Waals surface area contributed by atoms with Crippen LogP contribution in [-0.4, -0.2) is 77.0 Å². The summed E-state index contributed by atoms with van der Waals surface area (Å²) in [6, 6.07) is 3.42. The second-order valence-corrected chi connectivity index (χ2v) is 6.91. The Balaban J connectivity index is 1.39. The van der Waals surface area contributed by atoms with Crippen LogP contribution in [0.3, 0.4) is 0 Å². The highest BCUT2D eigenvalue weighted by Gasteiger charge is 2.26. The van der Waals surface area contributed by atoms with Crippen LogP contribution in [0.4, 0.5) is 5.82 Å². The van der Waals surface area contributed by atoms with Crippen LogP contribution in [0, 0.1) is 0 Å². The van der Waals surface area contributed by atoms with Crippen LogP contribution in [0.2, 0.25) is 0 Å². The Morgan fingerprint density at radius 2 is 1.96 bits per heavy atom. The van der Waals surface area contributed by atoms with E-state index in [1.807, 2.05) is 0 Å². The Kier molecular flexibility index (Phi) is 5.52. The van der Waals surface area contributed by atoms with Gasteiger partial charge in [0.1, 0.15) is 11.5 Å². The van der Waals surface area contributed by atoms with Crippen LogP contribution in [0.25, 0.3) is 0 Å². The van der Waals surface area contributed by atoms with Crippen LogP contribution in [0.5, 0.6) is 0 Å². The van der Waals surface area contributed by atoms with Crippen molar-refractivity contribution >= 4 is 17.6 Å². The lowest BCUT2D eigenvalue weighted by molar-refractivity contribution is 0.0299. The first-order valence-corrected chi connectivity index (χ1v) is 9.49. The molecule has 1 atom stereocenters. The largest absolute Gasteiger partial charge is 0.459 e. The fourth-order valence-electron chi connectivity index (χ4n) is 3.51. The highest BCUT2D eigenvalue weighted by molar-refractivity contribution is 5.92. The molecule has 2 saturated heterocycles. The number of aromatic nitrogens is 2. The van der Waals surface area contributed by atoms with E-state index >= 15 is 0 Å². The molecule has 2 aromatic heterocycles. The molecular weight excluding hydrogens is 362 g/mol. The third-order valence-corrected chi connectivity index (χ3v) is 4.94. The van der Waals surface area contributed by atoms with Gasteiger partial charge in [0.15, 0.2) is 5.76 Å².